The lowest BCUT2D eigenvalue weighted by molar-refractivity contribution is 0.00905. The number of halogens is 2. The molecule has 1 fully saturated rings. The Bertz CT molecular complexity index is 1540. The fraction of sp³-hybridized carbons (Fsp3) is 0.258. The molecule has 1 aliphatic carbocycles. The number of aromatic carboxylic acids is 1. The van der Waals surface area contributed by atoms with E-state index in [9.17, 15) is 9.90 Å². The van der Waals surface area contributed by atoms with Crippen LogP contribution in [0.25, 0.3) is 22.0 Å². The molecule has 39 heavy (non-hydrogen) atoms. The molecule has 0 bridgehead atoms. The number of hydrogen-bond acceptors (Lipinski definition) is 5. The van der Waals surface area contributed by atoms with E-state index >= 15 is 0 Å². The molecule has 0 amide bonds. The number of hydrogen-bond donors (Lipinski definition) is 1. The molecule has 6 nitrogen and oxygen atoms in total. The Morgan fingerprint density at radius 2 is 1.67 bits per heavy atom. The van der Waals surface area contributed by atoms with E-state index in [0.29, 0.717) is 33.7 Å². The summed E-state index contributed by atoms with van der Waals surface area (Å²) >= 11 is 13.1. The second-order valence-electron chi connectivity index (χ2n) is 10.0. The number of oxime groups is 1. The number of carboxylic acid groups (broad SMARTS) is 1. The zero-order chi connectivity index (χ0) is 26.9. The number of benzene rings is 3. The van der Waals surface area contributed by atoms with Crippen LogP contribution in [0.3, 0.4) is 0 Å². The molecular weight excluding hydrogens is 535 g/mol. The number of rotatable bonds is 7. The second kappa shape index (κ2) is 10.9. The lowest BCUT2D eigenvalue weighted by Gasteiger charge is -2.24. The van der Waals surface area contributed by atoms with Crippen molar-refractivity contribution < 1.29 is 19.5 Å². The van der Waals surface area contributed by atoms with Gasteiger partial charge in [0, 0.05) is 10.9 Å². The monoisotopic (exact) mass is 560 g/mol. The van der Waals surface area contributed by atoms with Crippen LogP contribution >= 0.6 is 23.2 Å². The van der Waals surface area contributed by atoms with Crippen LogP contribution in [0.15, 0.2) is 78.0 Å². The van der Waals surface area contributed by atoms with Gasteiger partial charge in [-0.05, 0) is 72.4 Å². The van der Waals surface area contributed by atoms with Crippen molar-refractivity contribution in [3.8, 4) is 16.9 Å². The van der Waals surface area contributed by atoms with E-state index in [4.69, 9.17) is 32.8 Å². The van der Waals surface area contributed by atoms with Gasteiger partial charge in [0.05, 0.1) is 21.5 Å². The summed E-state index contributed by atoms with van der Waals surface area (Å²) in [7, 11) is 0. The molecule has 1 saturated carbocycles. The van der Waals surface area contributed by atoms with Gasteiger partial charge in [-0.2, -0.15) is 0 Å². The molecule has 198 valence electrons. The first-order valence-corrected chi connectivity index (χ1v) is 13.8. The molecule has 2 atom stereocenters. The Kier molecular flexibility index (Phi) is 7.15. The minimum absolute atomic E-state index is 0.0320. The van der Waals surface area contributed by atoms with Crippen LogP contribution in [0.5, 0.6) is 5.75 Å². The Morgan fingerprint density at radius 3 is 2.38 bits per heavy atom. The van der Waals surface area contributed by atoms with E-state index in [2.05, 4.69) is 10.1 Å². The van der Waals surface area contributed by atoms with E-state index in [1.807, 2.05) is 60.7 Å². The molecule has 1 aliphatic heterocycles. The van der Waals surface area contributed by atoms with Gasteiger partial charge in [-0.1, -0.05) is 71.5 Å². The van der Waals surface area contributed by atoms with Crippen molar-refractivity contribution in [2.24, 2.45) is 17.0 Å². The van der Waals surface area contributed by atoms with Gasteiger partial charge >= 0.3 is 5.97 Å². The normalized spacial score (nSPS) is 19.2. The van der Waals surface area contributed by atoms with Crippen LogP contribution in [-0.4, -0.2) is 34.5 Å². The van der Waals surface area contributed by atoms with Crippen LogP contribution in [0.2, 0.25) is 10.0 Å². The number of carboxylic acids is 1. The van der Waals surface area contributed by atoms with Gasteiger partial charge in [-0.15, -0.1) is 0 Å². The number of aromatic nitrogens is 1. The molecule has 8 heteroatoms. The predicted molar refractivity (Wildman–Crippen MR) is 153 cm³/mol. The summed E-state index contributed by atoms with van der Waals surface area (Å²) in [6.45, 7) is 0.397. The number of fused-ring (bicyclic) bond motifs is 1. The molecule has 2 heterocycles. The van der Waals surface area contributed by atoms with Crippen molar-refractivity contribution in [3.63, 3.8) is 0 Å². The molecule has 0 saturated heterocycles. The number of pyridine rings is 1. The highest BCUT2D eigenvalue weighted by atomic mass is 35.5. The second-order valence-corrected chi connectivity index (χ2v) is 10.9. The average molecular weight is 561 g/mol. The van der Waals surface area contributed by atoms with E-state index in [1.165, 1.54) is 18.9 Å². The summed E-state index contributed by atoms with van der Waals surface area (Å²) in [5, 5.41) is 15.6. The van der Waals surface area contributed by atoms with Crippen LogP contribution in [0, 0.1) is 11.8 Å². The molecule has 4 aromatic rings. The lowest BCUT2D eigenvalue weighted by Crippen LogP contribution is -2.34. The third kappa shape index (κ3) is 5.19. The van der Waals surface area contributed by atoms with E-state index in [1.54, 1.807) is 6.07 Å². The van der Waals surface area contributed by atoms with Crippen LogP contribution in [-0.2, 0) is 4.84 Å². The molecule has 2 unspecified atom stereocenters. The highest BCUT2D eigenvalue weighted by Crippen LogP contribution is 2.40. The first-order chi connectivity index (χ1) is 19.0. The number of carbonyl (C=O) groups is 1. The summed E-state index contributed by atoms with van der Waals surface area (Å²) in [5.74, 6) is 0.0453. The molecule has 3 aromatic carbocycles. The standard InChI is InChI=1S/C31H26Cl2N2O4/c32-24-6-3-7-25(33)28(24)29-23(30(39-35-29)19-4-1-2-5-19)17-38-22-12-8-18(9-13-22)20-10-14-26-21(16-20)11-15-27(34-26)31(36)37/h3,6-16,19,23,30H,1-2,4-5,17H2,(H,36,37). The highest BCUT2D eigenvalue weighted by molar-refractivity contribution is 6.40. The topological polar surface area (TPSA) is 81.0 Å². The average Bonchev–Trinajstić information content (AvgIpc) is 3.62. The fourth-order valence-electron chi connectivity index (χ4n) is 5.62. The molecule has 2 aliphatic rings. The minimum atomic E-state index is -1.04. The van der Waals surface area contributed by atoms with Crippen molar-refractivity contribution in [1.29, 1.82) is 0 Å². The lowest BCUT2D eigenvalue weighted by atomic mass is 9.85. The molecule has 1 aromatic heterocycles. The van der Waals surface area contributed by atoms with Crippen LogP contribution < -0.4 is 4.74 Å². The molecule has 1 N–H and O–H groups in total. The third-order valence-electron chi connectivity index (χ3n) is 7.63. The quantitative estimate of drug-likeness (QED) is 0.248. The fourth-order valence-corrected chi connectivity index (χ4v) is 6.21. The van der Waals surface area contributed by atoms with Crippen molar-refractivity contribution in [2.45, 2.75) is 31.8 Å². The Labute approximate surface area is 236 Å². The molecular formula is C31H26Cl2N2O4. The molecule has 0 spiro atoms. The highest BCUT2D eigenvalue weighted by Gasteiger charge is 2.42. The van der Waals surface area contributed by atoms with Gasteiger partial charge in [0.15, 0.2) is 0 Å². The van der Waals surface area contributed by atoms with Gasteiger partial charge in [-0.25, -0.2) is 9.78 Å². The summed E-state index contributed by atoms with van der Waals surface area (Å²) in [6, 6.07) is 22.5. The van der Waals surface area contributed by atoms with Gasteiger partial charge in [0.2, 0.25) is 0 Å². The third-order valence-corrected chi connectivity index (χ3v) is 8.26. The van der Waals surface area contributed by atoms with Crippen molar-refractivity contribution >= 4 is 45.8 Å². The summed E-state index contributed by atoms with van der Waals surface area (Å²) in [6.07, 6.45) is 4.57. The molecule has 6 rings (SSSR count). The Balaban J connectivity index is 1.21. The zero-order valence-corrected chi connectivity index (χ0v) is 22.5. The van der Waals surface area contributed by atoms with Gasteiger partial charge in [0.1, 0.15) is 29.9 Å². The maximum Gasteiger partial charge on any atom is 0.354 e. The van der Waals surface area contributed by atoms with E-state index in [0.717, 1.165) is 40.8 Å². The SMILES string of the molecule is O=C(O)c1ccc2cc(-c3ccc(OCC4C(c5c(Cl)cccc5Cl)=NOC4C4CCCC4)cc3)ccc2n1. The first kappa shape index (κ1) is 25.7. The first-order valence-electron chi connectivity index (χ1n) is 13.0. The number of nitrogens with zero attached hydrogens (tertiary/aromatic N) is 2. The largest absolute Gasteiger partial charge is 0.493 e. The maximum absolute atomic E-state index is 11.2. The van der Waals surface area contributed by atoms with Crippen molar-refractivity contribution in [3.05, 3.63) is 94.1 Å². The van der Waals surface area contributed by atoms with Crippen LogP contribution in [0.4, 0.5) is 0 Å². The summed E-state index contributed by atoms with van der Waals surface area (Å²) < 4.78 is 6.30. The molecule has 0 radical (unpaired) electrons. The Hall–Kier alpha value is -3.61. The predicted octanol–water partition coefficient (Wildman–Crippen LogP) is 7.90. The zero-order valence-electron chi connectivity index (χ0n) is 21.0. The van der Waals surface area contributed by atoms with Gasteiger partial charge in [-0.3, -0.25) is 0 Å². The smallest absolute Gasteiger partial charge is 0.354 e. The van der Waals surface area contributed by atoms with Crippen molar-refractivity contribution in [2.75, 3.05) is 6.61 Å². The maximum atomic E-state index is 11.2. The summed E-state index contributed by atoms with van der Waals surface area (Å²) in [4.78, 5) is 21.4. The van der Waals surface area contributed by atoms with Gasteiger partial charge < -0.3 is 14.7 Å². The minimum Gasteiger partial charge on any atom is -0.493 e. The van der Waals surface area contributed by atoms with E-state index < -0.39 is 5.97 Å². The van der Waals surface area contributed by atoms with Crippen molar-refractivity contribution in [1.82, 2.24) is 4.98 Å². The van der Waals surface area contributed by atoms with E-state index in [-0.39, 0.29) is 17.7 Å². The van der Waals surface area contributed by atoms with Crippen LogP contribution in [0.1, 0.15) is 41.7 Å². The number of ether oxygens (including phenoxy) is 1. The Morgan fingerprint density at radius 1 is 0.949 bits per heavy atom. The van der Waals surface area contributed by atoms with Gasteiger partial charge in [0.25, 0.3) is 0 Å². The summed E-state index contributed by atoms with van der Waals surface area (Å²) in [5.41, 5.74) is 4.16.